The largest absolute Gasteiger partial charge is 0.327 e. The van der Waals surface area contributed by atoms with E-state index in [0.717, 1.165) is 25.7 Å². The Bertz CT molecular complexity index is 662. The Morgan fingerprint density at radius 3 is 2.00 bits per heavy atom. The highest BCUT2D eigenvalue weighted by Gasteiger charge is 2.19. The summed E-state index contributed by atoms with van der Waals surface area (Å²) in [5.41, 5.74) is 7.58. The van der Waals surface area contributed by atoms with Gasteiger partial charge in [0.25, 0.3) is 0 Å². The van der Waals surface area contributed by atoms with Gasteiger partial charge in [-0.25, -0.2) is 8.78 Å². The van der Waals surface area contributed by atoms with Gasteiger partial charge in [-0.1, -0.05) is 58.1 Å². The summed E-state index contributed by atoms with van der Waals surface area (Å²) >= 11 is 0. The molecule has 0 amide bonds. The molecule has 1 aromatic rings. The molecule has 0 bridgehead atoms. The van der Waals surface area contributed by atoms with E-state index in [-0.39, 0.29) is 23.5 Å². The molecule has 1 rings (SSSR count). The Hall–Kier alpha value is -2.07. The maximum absolute atomic E-state index is 14.0. The quantitative estimate of drug-likeness (QED) is 0.337. The Balaban J connectivity index is 0. The number of hydrogen-bond acceptors (Lipinski definition) is 2. The van der Waals surface area contributed by atoms with E-state index in [9.17, 15) is 13.6 Å². The highest BCUT2D eigenvalue weighted by Crippen LogP contribution is 2.22. The second-order valence-corrected chi connectivity index (χ2v) is 7.50. The molecule has 0 radical (unpaired) electrons. The number of Topliss-reactive ketones (excluding diaryl/α,β-unsaturated/α-hetero) is 1. The van der Waals surface area contributed by atoms with Gasteiger partial charge in [0.2, 0.25) is 0 Å². The van der Waals surface area contributed by atoms with Crippen molar-refractivity contribution in [2.24, 2.45) is 11.7 Å². The van der Waals surface area contributed by atoms with Crippen molar-refractivity contribution in [3.05, 3.63) is 71.9 Å². The van der Waals surface area contributed by atoms with Crippen molar-refractivity contribution in [2.45, 2.75) is 79.7 Å². The first-order valence-electron chi connectivity index (χ1n) is 10.7. The van der Waals surface area contributed by atoms with Gasteiger partial charge in [-0.2, -0.15) is 0 Å². The maximum atomic E-state index is 14.0. The molecular weight excluding hydrogens is 380 g/mol. The highest BCUT2D eigenvalue weighted by atomic mass is 19.1. The molecule has 0 aliphatic heterocycles. The second kappa shape index (κ2) is 17.8. The van der Waals surface area contributed by atoms with Gasteiger partial charge in [-0.3, -0.25) is 4.79 Å². The summed E-state index contributed by atoms with van der Waals surface area (Å²) in [6.45, 7) is 17.9. The van der Waals surface area contributed by atoms with Crippen molar-refractivity contribution in [2.75, 3.05) is 0 Å². The highest BCUT2D eigenvalue weighted by molar-refractivity contribution is 5.91. The zero-order valence-electron chi connectivity index (χ0n) is 19.7. The molecule has 0 aromatic heterocycles. The molecule has 1 aromatic carbocycles. The first-order chi connectivity index (χ1) is 14.0. The van der Waals surface area contributed by atoms with Gasteiger partial charge in [0.15, 0.2) is 5.78 Å². The topological polar surface area (TPSA) is 43.1 Å². The van der Waals surface area contributed by atoms with Crippen LogP contribution in [0.4, 0.5) is 8.78 Å². The lowest BCUT2D eigenvalue weighted by Gasteiger charge is -2.23. The number of aryl methyl sites for hydroxylation is 1. The third-order valence-electron chi connectivity index (χ3n) is 4.60. The van der Waals surface area contributed by atoms with Crippen LogP contribution in [0.5, 0.6) is 0 Å². The Kier molecular flexibility index (Phi) is 17.8. The van der Waals surface area contributed by atoms with Crippen LogP contribution >= 0.6 is 0 Å². The first-order valence-corrected chi connectivity index (χ1v) is 10.7. The van der Waals surface area contributed by atoms with Crippen LogP contribution < -0.4 is 5.73 Å². The van der Waals surface area contributed by atoms with Crippen LogP contribution in [0.2, 0.25) is 0 Å². The fraction of sp³-hybridized carbons (Fsp3) is 0.500. The van der Waals surface area contributed by atoms with Crippen molar-refractivity contribution >= 4 is 5.78 Å². The van der Waals surface area contributed by atoms with Crippen molar-refractivity contribution < 1.29 is 13.6 Å². The number of allylic oxidation sites excluding steroid dienone is 4. The van der Waals surface area contributed by atoms with Crippen molar-refractivity contribution in [3.8, 4) is 0 Å². The molecule has 0 fully saturated rings. The number of hydrogen-bond donors (Lipinski definition) is 1. The Morgan fingerprint density at radius 1 is 1.17 bits per heavy atom. The molecule has 170 valence electrons. The predicted octanol–water partition coefficient (Wildman–Crippen LogP) is 7.26. The van der Waals surface area contributed by atoms with Gasteiger partial charge >= 0.3 is 0 Å². The summed E-state index contributed by atoms with van der Waals surface area (Å²) in [6.07, 6.45) is 10.2. The summed E-state index contributed by atoms with van der Waals surface area (Å²) < 4.78 is 27.3. The number of ketones is 1. The molecule has 4 heteroatoms. The van der Waals surface area contributed by atoms with Gasteiger partial charge in [0.05, 0.1) is 0 Å². The van der Waals surface area contributed by atoms with E-state index in [1.165, 1.54) is 19.1 Å². The van der Waals surface area contributed by atoms with Crippen molar-refractivity contribution in [1.82, 2.24) is 0 Å². The molecule has 0 spiro atoms. The summed E-state index contributed by atoms with van der Waals surface area (Å²) in [5.74, 6) is -0.250. The first kappa shape index (κ1) is 30.1. The van der Waals surface area contributed by atoms with Crippen LogP contribution in [0, 0.1) is 24.5 Å². The van der Waals surface area contributed by atoms with E-state index in [2.05, 4.69) is 27.0 Å². The van der Waals surface area contributed by atoms with Crippen LogP contribution in [0.15, 0.2) is 49.1 Å². The summed E-state index contributed by atoms with van der Waals surface area (Å²) in [6, 6.07) is 2.40. The van der Waals surface area contributed by atoms with E-state index in [1.54, 1.807) is 19.9 Å². The van der Waals surface area contributed by atoms with Gasteiger partial charge in [-0.05, 0) is 81.7 Å². The summed E-state index contributed by atoms with van der Waals surface area (Å²) in [7, 11) is 0. The van der Waals surface area contributed by atoms with Crippen molar-refractivity contribution in [3.63, 3.8) is 0 Å². The third kappa shape index (κ3) is 14.0. The smallest absolute Gasteiger partial charge is 0.154 e. The number of rotatable bonds is 9. The third-order valence-corrected chi connectivity index (χ3v) is 4.60. The van der Waals surface area contributed by atoms with Crippen LogP contribution in [-0.4, -0.2) is 11.8 Å². The molecule has 0 saturated carbocycles. The minimum atomic E-state index is -0.386. The van der Waals surface area contributed by atoms with E-state index < -0.39 is 0 Å². The number of nitrogens with two attached hydrogens (primary N) is 1. The second-order valence-electron chi connectivity index (χ2n) is 7.50. The summed E-state index contributed by atoms with van der Waals surface area (Å²) in [5, 5.41) is 0. The molecule has 0 heterocycles. The Morgan fingerprint density at radius 2 is 1.67 bits per heavy atom. The molecule has 0 saturated heterocycles. The summed E-state index contributed by atoms with van der Waals surface area (Å²) in [4.78, 5) is 10.0. The van der Waals surface area contributed by atoms with E-state index >= 15 is 0 Å². The van der Waals surface area contributed by atoms with Gasteiger partial charge in [0, 0.05) is 6.04 Å². The van der Waals surface area contributed by atoms with Gasteiger partial charge in [0.1, 0.15) is 11.6 Å². The molecule has 0 aliphatic carbocycles. The normalized spacial score (nSPS) is 11.3. The zero-order chi connectivity index (χ0) is 23.7. The lowest BCUT2D eigenvalue weighted by molar-refractivity contribution is -0.113. The van der Waals surface area contributed by atoms with Crippen LogP contribution in [0.3, 0.4) is 0 Å². The van der Waals surface area contributed by atoms with Gasteiger partial charge in [-0.15, -0.1) is 0 Å². The standard InChI is InChI=1S/C16H25F2N.C5H8O.C5H8/c1-4-6-12(7-5-2)15(19)10-13-9-14(17)8-11(3)16(13)18;1-4(2)5(3)6;1-3-5-4-2/h8-9,12,15H,4-7,10,19H2,1-3H3;1H2,2-3H3;3-5H,1H2,2H3/b;;5-4-. The monoisotopic (exact) mass is 421 g/mol. The lowest BCUT2D eigenvalue weighted by atomic mass is 9.87. The molecule has 0 aliphatic rings. The average molecular weight is 422 g/mol. The van der Waals surface area contributed by atoms with Crippen LogP contribution in [0.1, 0.15) is 71.4 Å². The van der Waals surface area contributed by atoms with E-state index in [4.69, 9.17) is 5.73 Å². The Labute approximate surface area is 183 Å². The van der Waals surface area contributed by atoms with E-state index in [0.29, 0.717) is 29.0 Å². The molecule has 2 nitrogen and oxygen atoms in total. The van der Waals surface area contributed by atoms with Crippen molar-refractivity contribution in [1.29, 1.82) is 0 Å². The average Bonchev–Trinajstić information content (AvgIpc) is 2.67. The van der Waals surface area contributed by atoms with Gasteiger partial charge < -0.3 is 5.73 Å². The number of benzene rings is 1. The number of carbonyl (C=O) groups is 1. The molecule has 1 unspecified atom stereocenters. The minimum Gasteiger partial charge on any atom is -0.327 e. The lowest BCUT2D eigenvalue weighted by Crippen LogP contribution is -2.32. The fourth-order valence-corrected chi connectivity index (χ4v) is 2.81. The minimum absolute atomic E-state index is 0.0648. The number of carbonyl (C=O) groups excluding carboxylic acids is 1. The fourth-order valence-electron chi connectivity index (χ4n) is 2.81. The molecular formula is C26H41F2NO. The number of halogens is 2. The zero-order valence-corrected chi connectivity index (χ0v) is 19.7. The molecule has 30 heavy (non-hydrogen) atoms. The van der Waals surface area contributed by atoms with Crippen LogP contribution in [-0.2, 0) is 11.2 Å². The van der Waals surface area contributed by atoms with E-state index in [1.807, 2.05) is 19.1 Å². The molecule has 2 N–H and O–H groups in total. The van der Waals surface area contributed by atoms with Crippen LogP contribution in [0.25, 0.3) is 0 Å². The predicted molar refractivity (Wildman–Crippen MR) is 127 cm³/mol. The molecule has 1 atom stereocenters. The SMILES string of the molecule is C=C(C)C(C)=O.C=C/C=C\C.CCCC(CCC)C(N)Cc1cc(F)cc(C)c1F. The maximum Gasteiger partial charge on any atom is 0.154 e.